The Hall–Kier alpha value is -2.90. The summed E-state index contributed by atoms with van der Waals surface area (Å²) in [6, 6.07) is 8.38. The van der Waals surface area contributed by atoms with Crippen molar-refractivity contribution in [2.45, 2.75) is 65.2 Å². The van der Waals surface area contributed by atoms with Gasteiger partial charge in [0, 0.05) is 18.9 Å². The minimum atomic E-state index is -0.818. The van der Waals surface area contributed by atoms with Crippen molar-refractivity contribution in [1.29, 1.82) is 0 Å². The Balaban J connectivity index is 2.04. The zero-order valence-corrected chi connectivity index (χ0v) is 18.0. The Labute approximate surface area is 176 Å². The van der Waals surface area contributed by atoms with E-state index in [9.17, 15) is 19.2 Å². The maximum Gasteiger partial charge on any atom is 0.407 e. The van der Waals surface area contributed by atoms with E-state index in [2.05, 4.69) is 5.32 Å². The molecule has 0 radical (unpaired) electrons. The maximum atomic E-state index is 12.4. The minimum absolute atomic E-state index is 0.0947. The van der Waals surface area contributed by atoms with Gasteiger partial charge in [0.2, 0.25) is 11.8 Å². The zero-order valence-electron chi connectivity index (χ0n) is 18.0. The van der Waals surface area contributed by atoms with Crippen LogP contribution >= 0.6 is 0 Å². The number of carbonyl (C=O) groups is 4. The predicted molar refractivity (Wildman–Crippen MR) is 109 cm³/mol. The number of carbonyl (C=O) groups excluding carboxylic acids is 4. The summed E-state index contributed by atoms with van der Waals surface area (Å²) in [4.78, 5) is 50.4. The fourth-order valence-corrected chi connectivity index (χ4v) is 3.03. The Bertz CT molecular complexity index is 772. The van der Waals surface area contributed by atoms with Crippen LogP contribution in [0.5, 0.6) is 0 Å². The lowest BCUT2D eigenvalue weighted by Crippen LogP contribution is -2.52. The molecule has 8 nitrogen and oxygen atoms in total. The van der Waals surface area contributed by atoms with Gasteiger partial charge < -0.3 is 14.8 Å². The van der Waals surface area contributed by atoms with Gasteiger partial charge in [0.1, 0.15) is 12.2 Å². The summed E-state index contributed by atoms with van der Waals surface area (Å²) in [5, 5.41) is 2.60. The van der Waals surface area contributed by atoms with Crippen LogP contribution in [0.4, 0.5) is 4.79 Å². The van der Waals surface area contributed by atoms with Gasteiger partial charge in [-0.25, -0.2) is 4.79 Å². The molecule has 1 saturated heterocycles. The van der Waals surface area contributed by atoms with Gasteiger partial charge in [0.25, 0.3) is 0 Å². The molecule has 1 fully saturated rings. The Kier molecular flexibility index (Phi) is 7.97. The van der Waals surface area contributed by atoms with Gasteiger partial charge in [0.05, 0.1) is 12.5 Å². The van der Waals surface area contributed by atoms with Crippen LogP contribution in [0.2, 0.25) is 0 Å². The minimum Gasteiger partial charge on any atom is -0.461 e. The molecule has 2 rings (SSSR count). The first-order valence-corrected chi connectivity index (χ1v) is 10.1. The van der Waals surface area contributed by atoms with Gasteiger partial charge in [-0.05, 0) is 32.8 Å². The van der Waals surface area contributed by atoms with Crippen molar-refractivity contribution in [3.8, 4) is 0 Å². The fraction of sp³-hybridized carbons (Fsp3) is 0.545. The summed E-state index contributed by atoms with van der Waals surface area (Å²) >= 11 is 0. The summed E-state index contributed by atoms with van der Waals surface area (Å²) in [7, 11) is 0. The van der Waals surface area contributed by atoms with Gasteiger partial charge in [-0.15, -0.1) is 0 Å². The van der Waals surface area contributed by atoms with E-state index in [4.69, 9.17) is 9.47 Å². The van der Waals surface area contributed by atoms with Gasteiger partial charge >= 0.3 is 12.1 Å². The third-order valence-corrected chi connectivity index (χ3v) is 4.56. The standard InChI is InChI=1S/C22H30N2O6/c1-15-10-11-18(25)24(20(15)27)13-17(23-21(28)30-22(2,3)4)12-19(26)29-14-16-8-6-5-7-9-16/h5-9,15,17H,10-14H2,1-4H3,(H,23,28)/t15?,17-/m0/s1. The molecule has 0 spiro atoms. The quantitative estimate of drug-likeness (QED) is 0.540. The number of esters is 1. The van der Waals surface area contributed by atoms with Crippen molar-refractivity contribution in [1.82, 2.24) is 10.2 Å². The van der Waals surface area contributed by atoms with Gasteiger partial charge in [-0.1, -0.05) is 37.3 Å². The van der Waals surface area contributed by atoms with Crippen molar-refractivity contribution >= 4 is 23.9 Å². The molecule has 3 amide bonds. The molecule has 8 heteroatoms. The molecule has 2 atom stereocenters. The lowest BCUT2D eigenvalue weighted by Gasteiger charge is -2.32. The number of imide groups is 1. The average molecular weight is 418 g/mol. The fourth-order valence-electron chi connectivity index (χ4n) is 3.03. The maximum absolute atomic E-state index is 12.4. The van der Waals surface area contributed by atoms with Crippen LogP contribution in [0.1, 0.15) is 52.5 Å². The van der Waals surface area contributed by atoms with E-state index in [1.54, 1.807) is 27.7 Å². The molecule has 1 unspecified atom stereocenters. The molecule has 1 aromatic carbocycles. The molecule has 0 bridgehead atoms. The Morgan fingerprint density at radius 3 is 2.50 bits per heavy atom. The molecule has 164 valence electrons. The SMILES string of the molecule is CC1CCC(=O)N(C[C@H](CC(=O)OCc2ccccc2)NC(=O)OC(C)(C)C)C1=O. The molecule has 1 heterocycles. The van der Waals surface area contributed by atoms with Crippen LogP contribution in [0.15, 0.2) is 30.3 Å². The van der Waals surface area contributed by atoms with Crippen molar-refractivity contribution in [2.24, 2.45) is 5.92 Å². The average Bonchev–Trinajstić information content (AvgIpc) is 2.66. The molecular weight excluding hydrogens is 388 g/mol. The smallest absolute Gasteiger partial charge is 0.407 e. The van der Waals surface area contributed by atoms with Crippen LogP contribution in [0.25, 0.3) is 0 Å². The van der Waals surface area contributed by atoms with Crippen molar-refractivity contribution < 1.29 is 28.7 Å². The topological polar surface area (TPSA) is 102 Å². The molecule has 1 N–H and O–H groups in total. The van der Waals surface area contributed by atoms with Crippen LogP contribution in [0, 0.1) is 5.92 Å². The van der Waals surface area contributed by atoms with E-state index in [0.717, 1.165) is 10.5 Å². The summed E-state index contributed by atoms with van der Waals surface area (Å²) in [5.41, 5.74) is 0.103. The van der Waals surface area contributed by atoms with E-state index in [1.165, 1.54) is 0 Å². The number of hydrogen-bond acceptors (Lipinski definition) is 6. The Morgan fingerprint density at radius 2 is 1.87 bits per heavy atom. The third kappa shape index (κ3) is 7.50. The zero-order chi connectivity index (χ0) is 22.3. The normalized spacial score (nSPS) is 18.0. The monoisotopic (exact) mass is 418 g/mol. The molecule has 1 aliphatic heterocycles. The number of rotatable bonds is 7. The molecule has 1 aromatic rings. The Morgan fingerprint density at radius 1 is 1.20 bits per heavy atom. The van der Waals surface area contributed by atoms with E-state index < -0.39 is 23.7 Å². The van der Waals surface area contributed by atoms with Crippen LogP contribution in [-0.4, -0.2) is 47.0 Å². The number of nitrogens with one attached hydrogen (secondary N) is 1. The highest BCUT2D eigenvalue weighted by Gasteiger charge is 2.34. The summed E-state index contributed by atoms with van der Waals surface area (Å²) in [6.07, 6.45) is -0.173. The number of nitrogens with zero attached hydrogens (tertiary/aromatic N) is 1. The number of amides is 3. The van der Waals surface area contributed by atoms with Crippen LogP contribution in [-0.2, 0) is 30.5 Å². The first kappa shape index (κ1) is 23.4. The largest absolute Gasteiger partial charge is 0.461 e. The highest BCUT2D eigenvalue weighted by molar-refractivity contribution is 5.98. The molecule has 0 aromatic heterocycles. The second kappa shape index (κ2) is 10.2. The summed E-state index contributed by atoms with van der Waals surface area (Å²) in [5.74, 6) is -1.45. The molecule has 30 heavy (non-hydrogen) atoms. The molecule has 0 aliphatic carbocycles. The van der Waals surface area contributed by atoms with Gasteiger partial charge in [0.15, 0.2) is 0 Å². The summed E-state index contributed by atoms with van der Waals surface area (Å²) < 4.78 is 10.5. The third-order valence-electron chi connectivity index (χ3n) is 4.56. The molecule has 0 saturated carbocycles. The van der Waals surface area contributed by atoms with E-state index >= 15 is 0 Å². The van der Waals surface area contributed by atoms with Gasteiger partial charge in [-0.3, -0.25) is 19.3 Å². The van der Waals surface area contributed by atoms with E-state index in [-0.39, 0.29) is 43.7 Å². The number of likely N-dealkylation sites (tertiary alicyclic amines) is 1. The van der Waals surface area contributed by atoms with E-state index in [0.29, 0.717) is 6.42 Å². The number of hydrogen-bond donors (Lipinski definition) is 1. The first-order chi connectivity index (χ1) is 14.0. The first-order valence-electron chi connectivity index (χ1n) is 10.1. The summed E-state index contributed by atoms with van der Waals surface area (Å²) in [6.45, 7) is 6.89. The number of ether oxygens (including phenoxy) is 2. The number of alkyl carbamates (subject to hydrolysis) is 1. The van der Waals surface area contributed by atoms with Gasteiger partial charge in [-0.2, -0.15) is 0 Å². The predicted octanol–water partition coefficient (Wildman–Crippen LogP) is 2.80. The van der Waals surface area contributed by atoms with Crippen molar-refractivity contribution in [2.75, 3.05) is 6.54 Å². The van der Waals surface area contributed by atoms with Crippen molar-refractivity contribution in [3.63, 3.8) is 0 Å². The molecule has 1 aliphatic rings. The van der Waals surface area contributed by atoms with Crippen LogP contribution < -0.4 is 5.32 Å². The lowest BCUT2D eigenvalue weighted by atomic mass is 9.98. The van der Waals surface area contributed by atoms with Crippen molar-refractivity contribution in [3.05, 3.63) is 35.9 Å². The second-order valence-electron chi connectivity index (χ2n) is 8.48. The lowest BCUT2D eigenvalue weighted by molar-refractivity contribution is -0.153. The second-order valence-corrected chi connectivity index (χ2v) is 8.48. The number of benzene rings is 1. The number of piperidine rings is 1. The molecular formula is C22H30N2O6. The highest BCUT2D eigenvalue weighted by atomic mass is 16.6. The van der Waals surface area contributed by atoms with Crippen LogP contribution in [0.3, 0.4) is 0 Å². The highest BCUT2D eigenvalue weighted by Crippen LogP contribution is 2.19. The van der Waals surface area contributed by atoms with E-state index in [1.807, 2.05) is 30.3 Å².